The number of rotatable bonds is 5. The Morgan fingerprint density at radius 2 is 1.75 bits per heavy atom. The molecule has 0 radical (unpaired) electrons. The first-order valence-electron chi connectivity index (χ1n) is 7.76. The molecular formula is C17H26N2O. The molecular weight excluding hydrogens is 248 g/mol. The molecule has 2 rings (SSSR count). The van der Waals surface area contributed by atoms with E-state index in [1.165, 1.54) is 12.0 Å². The van der Waals surface area contributed by atoms with Gasteiger partial charge in [-0.2, -0.15) is 0 Å². The molecule has 1 aliphatic rings. The Balaban J connectivity index is 1.93. The molecule has 0 unspecified atom stereocenters. The van der Waals surface area contributed by atoms with Crippen LogP contribution in [-0.2, 0) is 17.8 Å². The van der Waals surface area contributed by atoms with Crippen LogP contribution in [0.25, 0.3) is 0 Å². The van der Waals surface area contributed by atoms with Crippen molar-refractivity contribution < 1.29 is 4.79 Å². The van der Waals surface area contributed by atoms with Crippen LogP contribution >= 0.6 is 0 Å². The van der Waals surface area contributed by atoms with Crippen LogP contribution in [0.3, 0.4) is 0 Å². The largest absolute Gasteiger partial charge is 0.352 e. The summed E-state index contributed by atoms with van der Waals surface area (Å²) in [5.41, 5.74) is 8.04. The fourth-order valence-corrected chi connectivity index (χ4v) is 3.02. The molecule has 110 valence electrons. The first-order chi connectivity index (χ1) is 9.70. The summed E-state index contributed by atoms with van der Waals surface area (Å²) in [6.07, 6.45) is 6.39. The molecule has 0 atom stereocenters. The van der Waals surface area contributed by atoms with Crippen molar-refractivity contribution in [1.29, 1.82) is 0 Å². The molecule has 0 saturated heterocycles. The molecule has 3 N–H and O–H groups in total. The van der Waals surface area contributed by atoms with E-state index in [4.69, 9.17) is 5.73 Å². The van der Waals surface area contributed by atoms with Gasteiger partial charge < -0.3 is 11.1 Å². The van der Waals surface area contributed by atoms with Crippen LogP contribution in [0.4, 0.5) is 0 Å². The van der Waals surface area contributed by atoms with Gasteiger partial charge >= 0.3 is 0 Å². The maximum absolute atomic E-state index is 12.5. The molecule has 3 nitrogen and oxygen atoms in total. The summed E-state index contributed by atoms with van der Waals surface area (Å²) in [6, 6.07) is 8.44. The van der Waals surface area contributed by atoms with Crippen molar-refractivity contribution in [3.8, 4) is 0 Å². The Hall–Kier alpha value is -1.35. The van der Waals surface area contributed by atoms with Crippen molar-refractivity contribution in [2.24, 2.45) is 11.1 Å². The van der Waals surface area contributed by atoms with E-state index in [0.29, 0.717) is 13.1 Å². The second-order valence-corrected chi connectivity index (χ2v) is 5.90. The highest BCUT2D eigenvalue weighted by Crippen LogP contribution is 2.35. The average Bonchev–Trinajstić information content (AvgIpc) is 2.53. The average molecular weight is 274 g/mol. The van der Waals surface area contributed by atoms with E-state index in [0.717, 1.165) is 37.7 Å². The monoisotopic (exact) mass is 274 g/mol. The number of benzene rings is 1. The summed E-state index contributed by atoms with van der Waals surface area (Å²) >= 11 is 0. The molecule has 1 aromatic carbocycles. The van der Waals surface area contributed by atoms with Gasteiger partial charge in [0.15, 0.2) is 0 Å². The van der Waals surface area contributed by atoms with Crippen molar-refractivity contribution >= 4 is 5.91 Å². The smallest absolute Gasteiger partial charge is 0.227 e. The fourth-order valence-electron chi connectivity index (χ4n) is 3.02. The van der Waals surface area contributed by atoms with E-state index in [9.17, 15) is 4.79 Å². The van der Waals surface area contributed by atoms with Gasteiger partial charge in [0.05, 0.1) is 5.41 Å². The maximum Gasteiger partial charge on any atom is 0.227 e. The van der Waals surface area contributed by atoms with Gasteiger partial charge in [-0.3, -0.25) is 4.79 Å². The molecule has 20 heavy (non-hydrogen) atoms. The number of nitrogens with two attached hydrogens (primary N) is 1. The van der Waals surface area contributed by atoms with Crippen LogP contribution in [0, 0.1) is 5.41 Å². The highest BCUT2D eigenvalue weighted by atomic mass is 16.2. The van der Waals surface area contributed by atoms with Gasteiger partial charge in [0, 0.05) is 13.1 Å². The van der Waals surface area contributed by atoms with Gasteiger partial charge in [-0.1, -0.05) is 50.5 Å². The van der Waals surface area contributed by atoms with E-state index in [1.807, 2.05) is 0 Å². The first-order valence-corrected chi connectivity index (χ1v) is 7.76. The predicted octanol–water partition coefficient (Wildman–Crippen LogP) is 2.77. The van der Waals surface area contributed by atoms with Gasteiger partial charge in [0.1, 0.15) is 0 Å². The van der Waals surface area contributed by atoms with Gasteiger partial charge in [0.2, 0.25) is 5.91 Å². The lowest BCUT2D eigenvalue weighted by Crippen LogP contribution is -2.46. The summed E-state index contributed by atoms with van der Waals surface area (Å²) in [7, 11) is 0. The van der Waals surface area contributed by atoms with Crippen molar-refractivity contribution in [1.82, 2.24) is 5.32 Å². The molecule has 1 fully saturated rings. The van der Waals surface area contributed by atoms with Crippen molar-refractivity contribution in [3.63, 3.8) is 0 Å². The molecule has 1 aromatic rings. The highest BCUT2D eigenvalue weighted by molar-refractivity contribution is 5.83. The minimum absolute atomic E-state index is 0.138. The second-order valence-electron chi connectivity index (χ2n) is 5.90. The van der Waals surface area contributed by atoms with Gasteiger partial charge in [0.25, 0.3) is 0 Å². The molecule has 1 aliphatic carbocycles. The summed E-state index contributed by atoms with van der Waals surface area (Å²) in [6.45, 7) is 3.21. The SMILES string of the molecule is CCc1ccc(CNC(=O)C2(CN)CCCCC2)cc1. The third kappa shape index (κ3) is 3.40. The van der Waals surface area contributed by atoms with E-state index < -0.39 is 0 Å². The molecule has 1 amide bonds. The van der Waals surface area contributed by atoms with Crippen molar-refractivity contribution in [2.45, 2.75) is 52.0 Å². The third-order valence-electron chi connectivity index (χ3n) is 4.57. The van der Waals surface area contributed by atoms with E-state index in [1.54, 1.807) is 0 Å². The number of hydrogen-bond donors (Lipinski definition) is 2. The molecule has 0 spiro atoms. The Bertz CT molecular complexity index is 433. The standard InChI is InChI=1S/C17H26N2O/c1-2-14-6-8-15(9-7-14)12-19-16(20)17(13-18)10-4-3-5-11-17/h6-9H,2-5,10-13,18H2,1H3,(H,19,20). The summed E-state index contributed by atoms with van der Waals surface area (Å²) in [5, 5.41) is 3.08. The van der Waals surface area contributed by atoms with Crippen LogP contribution in [0.5, 0.6) is 0 Å². The van der Waals surface area contributed by atoms with E-state index in [2.05, 4.69) is 36.5 Å². The topological polar surface area (TPSA) is 55.1 Å². The van der Waals surface area contributed by atoms with Gasteiger partial charge in [-0.25, -0.2) is 0 Å². The van der Waals surface area contributed by atoms with Crippen LogP contribution in [0.15, 0.2) is 24.3 Å². The highest BCUT2D eigenvalue weighted by Gasteiger charge is 2.37. The van der Waals surface area contributed by atoms with Crippen molar-refractivity contribution in [2.75, 3.05) is 6.54 Å². The number of aryl methyl sites for hydroxylation is 1. The maximum atomic E-state index is 12.5. The Morgan fingerprint density at radius 3 is 2.30 bits per heavy atom. The molecule has 0 aromatic heterocycles. The van der Waals surface area contributed by atoms with Crippen LogP contribution < -0.4 is 11.1 Å². The number of hydrogen-bond acceptors (Lipinski definition) is 2. The Labute approximate surface area is 121 Å². The predicted molar refractivity (Wildman–Crippen MR) is 82.2 cm³/mol. The van der Waals surface area contributed by atoms with Crippen LogP contribution in [0.1, 0.15) is 50.2 Å². The third-order valence-corrected chi connectivity index (χ3v) is 4.57. The molecule has 0 aliphatic heterocycles. The van der Waals surface area contributed by atoms with E-state index >= 15 is 0 Å². The lowest BCUT2D eigenvalue weighted by atomic mass is 9.73. The molecule has 0 bridgehead atoms. The van der Waals surface area contributed by atoms with Gasteiger partial charge in [-0.05, 0) is 30.4 Å². The molecule has 1 saturated carbocycles. The lowest BCUT2D eigenvalue weighted by molar-refractivity contribution is -0.132. The first kappa shape index (κ1) is 15.0. The number of carbonyl (C=O) groups is 1. The zero-order chi connectivity index (χ0) is 14.4. The Morgan fingerprint density at radius 1 is 1.15 bits per heavy atom. The molecule has 3 heteroatoms. The van der Waals surface area contributed by atoms with E-state index in [-0.39, 0.29) is 11.3 Å². The summed E-state index contributed by atoms with van der Waals surface area (Å²) in [5.74, 6) is 0.138. The van der Waals surface area contributed by atoms with Crippen LogP contribution in [0.2, 0.25) is 0 Å². The number of carbonyl (C=O) groups excluding carboxylic acids is 1. The number of amides is 1. The minimum atomic E-state index is -0.318. The summed E-state index contributed by atoms with van der Waals surface area (Å²) < 4.78 is 0. The zero-order valence-corrected chi connectivity index (χ0v) is 12.5. The Kier molecular flexibility index (Phi) is 5.18. The minimum Gasteiger partial charge on any atom is -0.352 e. The zero-order valence-electron chi connectivity index (χ0n) is 12.5. The normalized spacial score (nSPS) is 17.7. The van der Waals surface area contributed by atoms with Gasteiger partial charge in [-0.15, -0.1) is 0 Å². The van der Waals surface area contributed by atoms with Crippen molar-refractivity contribution in [3.05, 3.63) is 35.4 Å². The second kappa shape index (κ2) is 6.89. The number of nitrogens with one attached hydrogen (secondary N) is 1. The summed E-state index contributed by atoms with van der Waals surface area (Å²) in [4.78, 5) is 12.5. The fraction of sp³-hybridized carbons (Fsp3) is 0.588. The van der Waals surface area contributed by atoms with Crippen LogP contribution in [-0.4, -0.2) is 12.5 Å². The quantitative estimate of drug-likeness (QED) is 0.867. The lowest BCUT2D eigenvalue weighted by Gasteiger charge is -2.34. The molecule has 0 heterocycles.